The van der Waals surface area contributed by atoms with Gasteiger partial charge < -0.3 is 19.5 Å². The maximum absolute atomic E-state index is 9.44. The molecule has 0 atom stereocenters. The molecule has 0 saturated carbocycles. The van der Waals surface area contributed by atoms with Crippen molar-refractivity contribution >= 4 is 27.1 Å². The predicted molar refractivity (Wildman–Crippen MR) is 117 cm³/mol. The topological polar surface area (TPSA) is 41.9 Å². The number of anilines is 1. The summed E-state index contributed by atoms with van der Waals surface area (Å²) in [5, 5.41) is 12.6. The third-order valence-electron chi connectivity index (χ3n) is 5.05. The highest BCUT2D eigenvalue weighted by Gasteiger charge is 2.24. The van der Waals surface area contributed by atoms with Crippen LogP contribution in [0.4, 0.5) is 5.69 Å². The molecule has 1 saturated heterocycles. The number of hydrogen-bond donors (Lipinski definition) is 1. The first-order chi connectivity index (χ1) is 14.2. The van der Waals surface area contributed by atoms with Gasteiger partial charge in [-0.25, -0.2) is 0 Å². The maximum Gasteiger partial charge on any atom is 0.145 e. The molecule has 4 nitrogen and oxygen atoms in total. The fraction of sp³-hybridized carbons (Fsp3) is 0.167. The number of aliphatic hydroxyl groups is 1. The first-order valence-corrected chi connectivity index (χ1v) is 10.5. The van der Waals surface area contributed by atoms with E-state index in [9.17, 15) is 5.11 Å². The van der Waals surface area contributed by atoms with Crippen molar-refractivity contribution in [3.8, 4) is 17.2 Å². The lowest BCUT2D eigenvalue weighted by molar-refractivity contribution is 0.142. The first-order valence-electron chi connectivity index (χ1n) is 9.63. The van der Waals surface area contributed by atoms with Crippen molar-refractivity contribution in [1.29, 1.82) is 0 Å². The highest BCUT2D eigenvalue weighted by atomic mass is 32.1. The SMILES string of the molecule is OC1CN(c2ccc(Oc3csc4cc(OCc5ccccc5)ccc34)cc2)C1. The van der Waals surface area contributed by atoms with Crippen molar-refractivity contribution in [2.75, 3.05) is 18.0 Å². The Morgan fingerprint density at radius 3 is 2.45 bits per heavy atom. The van der Waals surface area contributed by atoms with Crippen LogP contribution in [0, 0.1) is 0 Å². The number of ether oxygens (including phenoxy) is 2. The number of thiophene rings is 1. The standard InChI is InChI=1S/C24H21NO3S/c26-19-13-25(14-19)18-6-8-20(9-7-18)28-23-16-29-24-12-21(10-11-22(23)24)27-15-17-4-2-1-3-5-17/h1-12,16,19,26H,13-15H2. The van der Waals surface area contributed by atoms with Crippen molar-refractivity contribution in [1.82, 2.24) is 0 Å². The van der Waals surface area contributed by atoms with Crippen molar-refractivity contribution in [2.45, 2.75) is 12.7 Å². The summed E-state index contributed by atoms with van der Waals surface area (Å²) in [6.45, 7) is 1.95. The first kappa shape index (κ1) is 18.0. The fourth-order valence-electron chi connectivity index (χ4n) is 3.41. The van der Waals surface area contributed by atoms with Gasteiger partial charge in [-0.15, -0.1) is 11.3 Å². The molecule has 1 aliphatic rings. The Labute approximate surface area is 173 Å². The number of rotatable bonds is 6. The quantitative estimate of drug-likeness (QED) is 0.465. The Morgan fingerprint density at radius 2 is 1.69 bits per heavy atom. The van der Waals surface area contributed by atoms with Gasteiger partial charge in [0.05, 0.1) is 6.10 Å². The Hall–Kier alpha value is -3.02. The van der Waals surface area contributed by atoms with Gasteiger partial charge in [0.15, 0.2) is 0 Å². The molecule has 0 aliphatic carbocycles. The summed E-state index contributed by atoms with van der Waals surface area (Å²) in [4.78, 5) is 2.14. The number of nitrogens with zero attached hydrogens (tertiary/aromatic N) is 1. The van der Waals surface area contributed by atoms with Crippen LogP contribution in [-0.2, 0) is 6.61 Å². The zero-order chi connectivity index (χ0) is 19.6. The van der Waals surface area contributed by atoms with Crippen LogP contribution in [0.15, 0.2) is 78.2 Å². The van der Waals surface area contributed by atoms with Gasteiger partial charge in [-0.1, -0.05) is 30.3 Å². The van der Waals surface area contributed by atoms with E-state index in [-0.39, 0.29) is 6.10 Å². The molecule has 0 radical (unpaired) electrons. The molecule has 0 amide bonds. The van der Waals surface area contributed by atoms with Crippen molar-refractivity contribution in [3.05, 3.63) is 83.7 Å². The molecule has 3 aromatic carbocycles. The second-order valence-corrected chi connectivity index (χ2v) is 8.10. The molecule has 0 spiro atoms. The molecule has 4 aromatic rings. The number of hydrogen-bond acceptors (Lipinski definition) is 5. The minimum Gasteiger partial charge on any atom is -0.489 e. The molecule has 29 heavy (non-hydrogen) atoms. The van der Waals surface area contributed by atoms with Crippen LogP contribution in [0.25, 0.3) is 10.1 Å². The lowest BCUT2D eigenvalue weighted by Crippen LogP contribution is -2.50. The zero-order valence-electron chi connectivity index (χ0n) is 15.8. The van der Waals surface area contributed by atoms with Crippen LogP contribution in [0.2, 0.25) is 0 Å². The molecule has 0 bridgehead atoms. The monoisotopic (exact) mass is 403 g/mol. The molecule has 5 rings (SSSR count). The molecular formula is C24H21NO3S. The second-order valence-electron chi connectivity index (χ2n) is 7.19. The number of benzene rings is 3. The van der Waals surface area contributed by atoms with E-state index in [1.165, 1.54) is 0 Å². The van der Waals surface area contributed by atoms with E-state index in [0.29, 0.717) is 19.7 Å². The van der Waals surface area contributed by atoms with Crippen LogP contribution < -0.4 is 14.4 Å². The number of aliphatic hydroxyl groups excluding tert-OH is 1. The van der Waals surface area contributed by atoms with E-state index in [1.807, 2.05) is 53.9 Å². The average Bonchev–Trinajstić information content (AvgIpc) is 3.13. The van der Waals surface area contributed by atoms with Gasteiger partial charge in [-0.05, 0) is 48.0 Å². The average molecular weight is 404 g/mol. The van der Waals surface area contributed by atoms with Gasteiger partial charge in [-0.2, -0.15) is 0 Å². The zero-order valence-corrected chi connectivity index (χ0v) is 16.6. The predicted octanol–water partition coefficient (Wildman–Crippen LogP) is 5.45. The van der Waals surface area contributed by atoms with E-state index in [4.69, 9.17) is 9.47 Å². The van der Waals surface area contributed by atoms with Crippen molar-refractivity contribution in [3.63, 3.8) is 0 Å². The van der Waals surface area contributed by atoms with Crippen molar-refractivity contribution < 1.29 is 14.6 Å². The van der Waals surface area contributed by atoms with Gasteiger partial charge in [0, 0.05) is 34.2 Å². The van der Waals surface area contributed by atoms with Gasteiger partial charge in [-0.3, -0.25) is 0 Å². The minimum atomic E-state index is -0.204. The van der Waals surface area contributed by atoms with Gasteiger partial charge in [0.2, 0.25) is 0 Å². The van der Waals surface area contributed by atoms with Crippen LogP contribution in [0.5, 0.6) is 17.2 Å². The van der Waals surface area contributed by atoms with E-state index in [0.717, 1.165) is 38.6 Å². The van der Waals surface area contributed by atoms with E-state index >= 15 is 0 Å². The summed E-state index contributed by atoms with van der Waals surface area (Å²) >= 11 is 1.65. The van der Waals surface area contributed by atoms with Crippen LogP contribution in [-0.4, -0.2) is 24.3 Å². The summed E-state index contributed by atoms with van der Waals surface area (Å²) in [5.41, 5.74) is 2.26. The van der Waals surface area contributed by atoms with E-state index in [1.54, 1.807) is 11.3 Å². The summed E-state index contributed by atoms with van der Waals surface area (Å²) in [5.74, 6) is 2.52. The highest BCUT2D eigenvalue weighted by molar-refractivity contribution is 7.17. The molecular weight excluding hydrogens is 382 g/mol. The van der Waals surface area contributed by atoms with Gasteiger partial charge >= 0.3 is 0 Å². The van der Waals surface area contributed by atoms with Crippen LogP contribution in [0.1, 0.15) is 5.56 Å². The second kappa shape index (κ2) is 7.78. The maximum atomic E-state index is 9.44. The number of β-amino-alcohol motifs (C(OH)–C–C–N with tert-alkyl or cyclic N) is 1. The highest BCUT2D eigenvalue weighted by Crippen LogP contribution is 2.37. The molecule has 146 valence electrons. The minimum absolute atomic E-state index is 0.204. The summed E-state index contributed by atoms with van der Waals surface area (Å²) in [7, 11) is 0. The summed E-state index contributed by atoms with van der Waals surface area (Å²) < 4.78 is 13.2. The number of fused-ring (bicyclic) bond motifs is 1. The molecule has 5 heteroatoms. The molecule has 1 aromatic heterocycles. The third-order valence-corrected chi connectivity index (χ3v) is 5.98. The Kier molecular flexibility index (Phi) is 4.84. The van der Waals surface area contributed by atoms with Gasteiger partial charge in [0.25, 0.3) is 0 Å². The lowest BCUT2D eigenvalue weighted by atomic mass is 10.1. The smallest absolute Gasteiger partial charge is 0.145 e. The third kappa shape index (κ3) is 3.92. The summed E-state index contributed by atoms with van der Waals surface area (Å²) in [6.07, 6.45) is -0.204. The van der Waals surface area contributed by atoms with Crippen molar-refractivity contribution in [2.24, 2.45) is 0 Å². The summed E-state index contributed by atoms with van der Waals surface area (Å²) in [6, 6.07) is 24.3. The largest absolute Gasteiger partial charge is 0.489 e. The molecule has 1 fully saturated rings. The Morgan fingerprint density at radius 1 is 0.931 bits per heavy atom. The molecule has 1 N–H and O–H groups in total. The lowest BCUT2D eigenvalue weighted by Gasteiger charge is -2.37. The Bertz CT molecular complexity index is 1100. The van der Waals surface area contributed by atoms with E-state index < -0.39 is 0 Å². The molecule has 1 aliphatic heterocycles. The molecule has 2 heterocycles. The van der Waals surface area contributed by atoms with Gasteiger partial charge in [0.1, 0.15) is 23.9 Å². The Balaban J connectivity index is 1.27. The normalized spacial score (nSPS) is 14.0. The molecule has 0 unspecified atom stereocenters. The van der Waals surface area contributed by atoms with E-state index in [2.05, 4.69) is 29.2 Å². The van der Waals surface area contributed by atoms with Crippen LogP contribution >= 0.6 is 11.3 Å². The van der Waals surface area contributed by atoms with Crippen LogP contribution in [0.3, 0.4) is 0 Å². The fourth-order valence-corrected chi connectivity index (χ4v) is 4.30.